The van der Waals surface area contributed by atoms with Crippen LogP contribution in [0, 0.1) is 6.92 Å². The van der Waals surface area contributed by atoms with E-state index in [0.29, 0.717) is 37.6 Å². The van der Waals surface area contributed by atoms with E-state index in [1.54, 1.807) is 37.1 Å². The van der Waals surface area contributed by atoms with Gasteiger partial charge in [0.05, 0.1) is 0 Å². The highest BCUT2D eigenvalue weighted by atomic mass is 32.2. The van der Waals surface area contributed by atoms with E-state index in [2.05, 4.69) is 20.6 Å². The number of carbonyl (C=O) groups is 1. The second kappa shape index (κ2) is 9.09. The summed E-state index contributed by atoms with van der Waals surface area (Å²) in [7, 11) is 0. The molecule has 0 spiro atoms. The van der Waals surface area contributed by atoms with Gasteiger partial charge in [-0.25, -0.2) is 9.97 Å². The molecule has 9 heteroatoms. The second-order valence-electron chi connectivity index (χ2n) is 6.82. The first-order valence-corrected chi connectivity index (χ1v) is 10.4. The van der Waals surface area contributed by atoms with Gasteiger partial charge >= 0.3 is 0 Å². The van der Waals surface area contributed by atoms with Crippen LogP contribution in [0.4, 0.5) is 5.95 Å². The highest BCUT2D eigenvalue weighted by Gasteiger charge is 2.41. The number of nitrogens with one attached hydrogen (secondary N) is 2. The maximum Gasteiger partial charge on any atom is 0.227 e. The van der Waals surface area contributed by atoms with Crippen LogP contribution in [0.5, 0.6) is 5.75 Å². The van der Waals surface area contributed by atoms with Crippen LogP contribution in [0.15, 0.2) is 33.7 Å². The van der Waals surface area contributed by atoms with Crippen molar-refractivity contribution in [2.45, 2.75) is 31.6 Å². The van der Waals surface area contributed by atoms with Gasteiger partial charge in [-0.1, -0.05) is 0 Å². The molecule has 1 fully saturated rings. The highest BCUT2D eigenvalue weighted by molar-refractivity contribution is 7.99. The number of hydrogen-bond donors (Lipinski definition) is 3. The van der Waals surface area contributed by atoms with E-state index in [1.807, 2.05) is 0 Å². The van der Waals surface area contributed by atoms with Gasteiger partial charge in [-0.3, -0.25) is 9.59 Å². The van der Waals surface area contributed by atoms with Gasteiger partial charge in [-0.05, 0) is 37.3 Å². The SMILES string of the molecule is Cc1cc(=O)c(O)c(C2(CC(=O)NCCNc3ncccn3)CCSCC2)o1. The number of aromatic hydroxyl groups is 1. The quantitative estimate of drug-likeness (QED) is 0.598. The van der Waals surface area contributed by atoms with Crippen LogP contribution in [0.3, 0.4) is 0 Å². The molecular weight excluding hydrogens is 380 g/mol. The second-order valence-corrected chi connectivity index (χ2v) is 8.04. The van der Waals surface area contributed by atoms with Crippen LogP contribution in [0.1, 0.15) is 30.8 Å². The lowest BCUT2D eigenvalue weighted by molar-refractivity contribution is -0.122. The first-order valence-electron chi connectivity index (χ1n) is 9.20. The van der Waals surface area contributed by atoms with Crippen molar-refractivity contribution in [1.29, 1.82) is 0 Å². The minimum atomic E-state index is -0.666. The Balaban J connectivity index is 1.66. The van der Waals surface area contributed by atoms with Gasteiger partial charge in [0.2, 0.25) is 23.0 Å². The fourth-order valence-electron chi connectivity index (χ4n) is 3.35. The van der Waals surface area contributed by atoms with Gasteiger partial charge in [0.25, 0.3) is 0 Å². The van der Waals surface area contributed by atoms with E-state index < -0.39 is 10.8 Å². The number of aromatic nitrogens is 2. The lowest BCUT2D eigenvalue weighted by Gasteiger charge is -2.35. The third-order valence-corrected chi connectivity index (χ3v) is 5.76. The molecule has 0 bridgehead atoms. The summed E-state index contributed by atoms with van der Waals surface area (Å²) in [5.41, 5.74) is -1.13. The van der Waals surface area contributed by atoms with E-state index in [9.17, 15) is 14.7 Å². The zero-order chi connectivity index (χ0) is 20.0. The third-order valence-electron chi connectivity index (χ3n) is 4.77. The van der Waals surface area contributed by atoms with Crippen molar-refractivity contribution in [3.63, 3.8) is 0 Å². The van der Waals surface area contributed by atoms with Crippen LogP contribution in [-0.2, 0) is 10.2 Å². The van der Waals surface area contributed by atoms with E-state index in [1.165, 1.54) is 6.07 Å². The maximum absolute atomic E-state index is 12.6. The van der Waals surface area contributed by atoms with Crippen molar-refractivity contribution in [1.82, 2.24) is 15.3 Å². The summed E-state index contributed by atoms with van der Waals surface area (Å²) >= 11 is 1.80. The minimum absolute atomic E-state index is 0.147. The summed E-state index contributed by atoms with van der Waals surface area (Å²) in [4.78, 5) is 32.8. The minimum Gasteiger partial charge on any atom is -0.502 e. The van der Waals surface area contributed by atoms with Crippen molar-refractivity contribution in [2.75, 3.05) is 29.9 Å². The first-order chi connectivity index (χ1) is 13.5. The third kappa shape index (κ3) is 4.83. The summed E-state index contributed by atoms with van der Waals surface area (Å²) in [6, 6.07) is 3.00. The normalized spacial score (nSPS) is 15.8. The summed E-state index contributed by atoms with van der Waals surface area (Å²) in [6.07, 6.45) is 4.78. The molecule has 0 saturated carbocycles. The average Bonchev–Trinajstić information content (AvgIpc) is 2.69. The Hall–Kier alpha value is -2.55. The van der Waals surface area contributed by atoms with Crippen molar-refractivity contribution in [3.05, 3.63) is 46.3 Å². The number of amides is 1. The number of anilines is 1. The largest absolute Gasteiger partial charge is 0.502 e. The smallest absolute Gasteiger partial charge is 0.227 e. The number of thioether (sulfide) groups is 1. The molecule has 3 N–H and O–H groups in total. The van der Waals surface area contributed by atoms with Crippen LogP contribution in [0.25, 0.3) is 0 Å². The lowest BCUT2D eigenvalue weighted by atomic mass is 9.75. The monoisotopic (exact) mass is 404 g/mol. The molecule has 28 heavy (non-hydrogen) atoms. The molecule has 1 aliphatic rings. The molecule has 0 radical (unpaired) electrons. The summed E-state index contributed by atoms with van der Waals surface area (Å²) in [6.45, 7) is 2.57. The maximum atomic E-state index is 12.6. The molecule has 3 rings (SSSR count). The summed E-state index contributed by atoms with van der Waals surface area (Å²) < 4.78 is 5.75. The number of nitrogens with zero attached hydrogens (tertiary/aromatic N) is 2. The summed E-state index contributed by atoms with van der Waals surface area (Å²) in [5, 5.41) is 16.2. The molecule has 0 unspecified atom stereocenters. The number of rotatable bonds is 7. The van der Waals surface area contributed by atoms with Crippen molar-refractivity contribution in [2.24, 2.45) is 0 Å². The number of carbonyl (C=O) groups excluding carboxylic acids is 1. The van der Waals surface area contributed by atoms with Crippen LogP contribution < -0.4 is 16.1 Å². The van der Waals surface area contributed by atoms with Gasteiger partial charge in [0.1, 0.15) is 5.76 Å². The molecule has 0 atom stereocenters. The van der Waals surface area contributed by atoms with Crippen molar-refractivity contribution in [3.8, 4) is 5.75 Å². The Bertz CT molecular complexity index is 866. The Morgan fingerprint density at radius 3 is 2.71 bits per heavy atom. The lowest BCUT2D eigenvalue weighted by Crippen LogP contribution is -2.39. The summed E-state index contributed by atoms with van der Waals surface area (Å²) in [5.74, 6) is 2.34. The molecule has 2 aromatic rings. The van der Waals surface area contributed by atoms with Gasteiger partial charge in [-0.2, -0.15) is 11.8 Å². The molecule has 3 heterocycles. The van der Waals surface area contributed by atoms with E-state index in [0.717, 1.165) is 11.5 Å². The highest BCUT2D eigenvalue weighted by Crippen LogP contribution is 2.43. The van der Waals surface area contributed by atoms with Crippen molar-refractivity contribution < 1.29 is 14.3 Å². The van der Waals surface area contributed by atoms with Gasteiger partial charge in [0.15, 0.2) is 5.76 Å². The molecule has 1 aliphatic heterocycles. The first kappa shape index (κ1) is 20.2. The molecular formula is C19H24N4O4S. The fraction of sp³-hybridized carbons (Fsp3) is 0.474. The Morgan fingerprint density at radius 1 is 1.29 bits per heavy atom. The van der Waals surface area contributed by atoms with E-state index in [-0.39, 0.29) is 23.8 Å². The molecule has 1 amide bonds. The van der Waals surface area contributed by atoms with Gasteiger partial charge in [0, 0.05) is 43.4 Å². The topological polar surface area (TPSA) is 117 Å². The molecule has 1 saturated heterocycles. The van der Waals surface area contributed by atoms with Gasteiger partial charge in [-0.15, -0.1) is 0 Å². The van der Waals surface area contributed by atoms with E-state index in [4.69, 9.17) is 4.42 Å². The molecule has 2 aromatic heterocycles. The standard InChI is InChI=1S/C19H24N4O4S/c1-13-11-14(24)16(26)17(27-13)19(3-9-28-10-4-19)12-15(25)20-7-8-23-18-21-5-2-6-22-18/h2,5-6,11,26H,3-4,7-10,12H2,1H3,(H,20,25)(H,21,22,23). The molecule has 0 aromatic carbocycles. The number of hydrogen-bond acceptors (Lipinski definition) is 8. The van der Waals surface area contributed by atoms with Gasteiger partial charge < -0.3 is 20.2 Å². The zero-order valence-corrected chi connectivity index (χ0v) is 16.6. The Labute approximate surface area is 167 Å². The van der Waals surface area contributed by atoms with Crippen LogP contribution in [-0.4, -0.2) is 45.6 Å². The predicted octanol–water partition coefficient (Wildman–Crippen LogP) is 1.83. The van der Waals surface area contributed by atoms with Crippen LogP contribution in [0.2, 0.25) is 0 Å². The number of aryl methyl sites for hydroxylation is 1. The molecule has 0 aliphatic carbocycles. The molecule has 150 valence electrons. The Kier molecular flexibility index (Phi) is 6.56. The zero-order valence-electron chi connectivity index (χ0n) is 15.7. The van der Waals surface area contributed by atoms with E-state index >= 15 is 0 Å². The molecule has 8 nitrogen and oxygen atoms in total. The average molecular weight is 404 g/mol. The Morgan fingerprint density at radius 2 is 2.00 bits per heavy atom. The fourth-order valence-corrected chi connectivity index (χ4v) is 4.62. The van der Waals surface area contributed by atoms with Crippen molar-refractivity contribution >= 4 is 23.6 Å². The van der Waals surface area contributed by atoms with Crippen LogP contribution >= 0.6 is 11.8 Å². The predicted molar refractivity (Wildman–Crippen MR) is 108 cm³/mol.